The molecule has 0 spiro atoms. The third kappa shape index (κ3) is 3.32. The minimum Gasteiger partial charge on any atom is -0.508 e. The molecule has 2 aromatic rings. The monoisotopic (exact) mass is 353 g/mol. The fourth-order valence-electron chi connectivity index (χ4n) is 1.94. The first kappa shape index (κ1) is 15.7. The molecule has 112 valence electrons. The Morgan fingerprint density at radius 3 is 2.38 bits per heavy atom. The molecule has 0 amide bonds. The lowest BCUT2D eigenvalue weighted by Crippen LogP contribution is -2.17. The van der Waals surface area contributed by atoms with E-state index >= 15 is 0 Å². The van der Waals surface area contributed by atoms with E-state index in [0.717, 1.165) is 16.2 Å². The number of aromatic hydroxyl groups is 1. The lowest BCUT2D eigenvalue weighted by molar-refractivity contribution is 0.469. The highest BCUT2D eigenvalue weighted by Gasteiger charge is 2.23. The van der Waals surface area contributed by atoms with Crippen LogP contribution in [-0.4, -0.2) is 22.1 Å². The van der Waals surface area contributed by atoms with Crippen molar-refractivity contribution in [3.05, 3.63) is 34.2 Å². The quantitative estimate of drug-likeness (QED) is 0.853. The number of aromatic nitrogens is 2. The molecule has 0 aliphatic heterocycles. The number of phenolic OH excluding ortho intramolecular Hbond substituents is 1. The van der Waals surface area contributed by atoms with E-state index in [9.17, 15) is 9.50 Å². The minimum absolute atomic E-state index is 0.153. The van der Waals surface area contributed by atoms with Crippen LogP contribution in [-0.2, 0) is 5.41 Å². The fraction of sp³-hybridized carbons (Fsp3) is 0.333. The van der Waals surface area contributed by atoms with Gasteiger partial charge in [-0.05, 0) is 28.1 Å². The second-order valence-corrected chi connectivity index (χ2v) is 6.55. The Hall–Kier alpha value is -1.69. The molecule has 2 rings (SSSR count). The highest BCUT2D eigenvalue weighted by atomic mass is 79.9. The number of phenols is 1. The molecule has 0 saturated heterocycles. The Labute approximate surface area is 131 Å². The van der Waals surface area contributed by atoms with E-state index in [4.69, 9.17) is 0 Å². The van der Waals surface area contributed by atoms with Crippen molar-refractivity contribution in [2.45, 2.75) is 26.2 Å². The highest BCUT2D eigenvalue weighted by Crippen LogP contribution is 2.34. The number of nitrogens with zero attached hydrogens (tertiary/aromatic N) is 2. The maximum Gasteiger partial charge on any atom is 0.162 e. The summed E-state index contributed by atoms with van der Waals surface area (Å²) >= 11 is 3.50. The van der Waals surface area contributed by atoms with Crippen molar-refractivity contribution in [2.75, 3.05) is 12.4 Å². The van der Waals surface area contributed by atoms with Gasteiger partial charge in [-0.1, -0.05) is 20.8 Å². The molecular weight excluding hydrogens is 337 g/mol. The molecule has 0 radical (unpaired) electrons. The van der Waals surface area contributed by atoms with E-state index in [-0.39, 0.29) is 11.2 Å². The van der Waals surface area contributed by atoms with Crippen LogP contribution in [0.4, 0.5) is 10.2 Å². The lowest BCUT2D eigenvalue weighted by Gasteiger charge is -2.21. The predicted molar refractivity (Wildman–Crippen MR) is 85.0 cm³/mol. The van der Waals surface area contributed by atoms with Crippen molar-refractivity contribution < 1.29 is 9.50 Å². The average molecular weight is 354 g/mol. The molecule has 1 aromatic carbocycles. The summed E-state index contributed by atoms with van der Waals surface area (Å²) in [5, 5.41) is 12.5. The maximum atomic E-state index is 13.5. The van der Waals surface area contributed by atoms with Crippen LogP contribution >= 0.6 is 15.9 Å². The number of hydrogen-bond acceptors (Lipinski definition) is 4. The standard InChI is InChI=1S/C15H17BrFN3O/c1-15(2,3)12-11(16)14(18-4)20-13(19-12)8-5-9(17)7-10(21)6-8/h5-7,21H,1-4H3,(H,18,19,20). The highest BCUT2D eigenvalue weighted by molar-refractivity contribution is 9.10. The molecule has 0 saturated carbocycles. The van der Waals surface area contributed by atoms with Crippen LogP contribution in [0.15, 0.2) is 22.7 Å². The zero-order valence-corrected chi connectivity index (χ0v) is 13.9. The molecule has 4 nitrogen and oxygen atoms in total. The summed E-state index contributed by atoms with van der Waals surface area (Å²) in [6.07, 6.45) is 0. The van der Waals surface area contributed by atoms with Crippen molar-refractivity contribution in [1.29, 1.82) is 0 Å². The topological polar surface area (TPSA) is 58.0 Å². The molecule has 1 aromatic heterocycles. The summed E-state index contributed by atoms with van der Waals surface area (Å²) < 4.78 is 14.2. The summed E-state index contributed by atoms with van der Waals surface area (Å²) in [5.41, 5.74) is 1.03. The van der Waals surface area contributed by atoms with Gasteiger partial charge in [-0.2, -0.15) is 0 Å². The van der Waals surface area contributed by atoms with Crippen molar-refractivity contribution in [3.8, 4) is 17.1 Å². The van der Waals surface area contributed by atoms with Crippen LogP contribution < -0.4 is 5.32 Å². The minimum atomic E-state index is -0.528. The summed E-state index contributed by atoms with van der Waals surface area (Å²) in [6.45, 7) is 6.10. The average Bonchev–Trinajstić information content (AvgIpc) is 2.36. The van der Waals surface area contributed by atoms with E-state index in [1.54, 1.807) is 7.05 Å². The second kappa shape index (κ2) is 5.60. The molecule has 0 atom stereocenters. The Morgan fingerprint density at radius 1 is 1.19 bits per heavy atom. The van der Waals surface area contributed by atoms with E-state index < -0.39 is 5.82 Å². The van der Waals surface area contributed by atoms with Gasteiger partial charge in [0.05, 0.1) is 10.2 Å². The molecule has 0 aliphatic carbocycles. The summed E-state index contributed by atoms with van der Waals surface area (Å²) in [4.78, 5) is 8.90. The van der Waals surface area contributed by atoms with Crippen molar-refractivity contribution >= 4 is 21.7 Å². The van der Waals surface area contributed by atoms with E-state index in [1.165, 1.54) is 12.1 Å². The van der Waals surface area contributed by atoms with Crippen LogP contribution in [0.3, 0.4) is 0 Å². The molecule has 1 heterocycles. The zero-order chi connectivity index (χ0) is 15.8. The van der Waals surface area contributed by atoms with Crippen molar-refractivity contribution in [1.82, 2.24) is 9.97 Å². The SMILES string of the molecule is CNc1nc(-c2cc(O)cc(F)c2)nc(C(C)(C)C)c1Br. The predicted octanol–water partition coefficient (Wildman–Crippen LogP) is 4.09. The number of nitrogens with one attached hydrogen (secondary N) is 1. The molecular formula is C15H17BrFN3O. The smallest absolute Gasteiger partial charge is 0.162 e. The zero-order valence-electron chi connectivity index (χ0n) is 12.3. The number of rotatable bonds is 2. The summed E-state index contributed by atoms with van der Waals surface area (Å²) in [7, 11) is 1.76. The number of hydrogen-bond donors (Lipinski definition) is 2. The van der Waals surface area contributed by atoms with E-state index in [2.05, 4.69) is 31.2 Å². The van der Waals surface area contributed by atoms with Gasteiger partial charge in [-0.3, -0.25) is 0 Å². The van der Waals surface area contributed by atoms with E-state index in [1.807, 2.05) is 20.8 Å². The first-order chi connectivity index (χ1) is 9.72. The van der Waals surface area contributed by atoms with Crippen LogP contribution in [0.2, 0.25) is 0 Å². The Kier molecular flexibility index (Phi) is 4.18. The van der Waals surface area contributed by atoms with Crippen LogP contribution in [0.5, 0.6) is 5.75 Å². The van der Waals surface area contributed by atoms with Crippen LogP contribution in [0.25, 0.3) is 11.4 Å². The molecule has 2 N–H and O–H groups in total. The van der Waals surface area contributed by atoms with Crippen molar-refractivity contribution in [2.24, 2.45) is 0 Å². The molecule has 6 heteroatoms. The largest absolute Gasteiger partial charge is 0.508 e. The van der Waals surface area contributed by atoms with Gasteiger partial charge in [0.2, 0.25) is 0 Å². The normalized spacial score (nSPS) is 11.5. The van der Waals surface area contributed by atoms with Gasteiger partial charge in [-0.15, -0.1) is 0 Å². The molecule has 0 aliphatic rings. The third-order valence-electron chi connectivity index (χ3n) is 2.94. The van der Waals surface area contributed by atoms with Gasteiger partial charge in [-0.25, -0.2) is 14.4 Å². The number of halogens is 2. The van der Waals surface area contributed by atoms with Gasteiger partial charge in [0, 0.05) is 24.1 Å². The molecule has 0 bridgehead atoms. The first-order valence-corrected chi connectivity index (χ1v) is 7.27. The number of benzene rings is 1. The van der Waals surface area contributed by atoms with Gasteiger partial charge in [0.15, 0.2) is 5.82 Å². The van der Waals surface area contributed by atoms with Gasteiger partial charge in [0.1, 0.15) is 17.4 Å². The van der Waals surface area contributed by atoms with Crippen LogP contribution in [0.1, 0.15) is 26.5 Å². The number of anilines is 1. The lowest BCUT2D eigenvalue weighted by atomic mass is 9.91. The summed E-state index contributed by atoms with van der Waals surface area (Å²) in [6, 6.07) is 3.79. The Balaban J connectivity index is 2.69. The Morgan fingerprint density at radius 2 is 1.86 bits per heavy atom. The van der Waals surface area contributed by atoms with Gasteiger partial charge in [0.25, 0.3) is 0 Å². The van der Waals surface area contributed by atoms with E-state index in [0.29, 0.717) is 17.2 Å². The Bertz CT molecular complexity index is 663. The summed E-state index contributed by atoms with van der Waals surface area (Å²) in [5.74, 6) is 0.302. The van der Waals surface area contributed by atoms with Crippen LogP contribution in [0, 0.1) is 5.82 Å². The van der Waals surface area contributed by atoms with Gasteiger partial charge < -0.3 is 10.4 Å². The maximum absolute atomic E-state index is 13.5. The molecule has 21 heavy (non-hydrogen) atoms. The fourth-order valence-corrected chi connectivity index (χ4v) is 2.91. The molecule has 0 fully saturated rings. The molecule has 0 unspecified atom stereocenters. The first-order valence-electron chi connectivity index (χ1n) is 6.48. The second-order valence-electron chi connectivity index (χ2n) is 5.76. The third-order valence-corrected chi connectivity index (χ3v) is 3.69. The van der Waals surface area contributed by atoms with Gasteiger partial charge >= 0.3 is 0 Å². The van der Waals surface area contributed by atoms with Crippen molar-refractivity contribution in [3.63, 3.8) is 0 Å².